The van der Waals surface area contributed by atoms with E-state index in [1.807, 2.05) is 0 Å². The zero-order valence-electron chi connectivity index (χ0n) is 11.7. The molecule has 1 saturated carbocycles. The first-order valence-corrected chi connectivity index (χ1v) is 6.91. The van der Waals surface area contributed by atoms with Crippen LogP contribution in [0.15, 0.2) is 10.7 Å². The Morgan fingerprint density at radius 1 is 1.44 bits per heavy atom. The Bertz CT molecular complexity index is 364. The van der Waals surface area contributed by atoms with Crippen molar-refractivity contribution in [1.29, 1.82) is 0 Å². The third-order valence-electron chi connectivity index (χ3n) is 3.64. The number of oxazole rings is 1. The van der Waals surface area contributed by atoms with Gasteiger partial charge in [-0.25, -0.2) is 0 Å². The highest BCUT2D eigenvalue weighted by Gasteiger charge is 2.28. The van der Waals surface area contributed by atoms with Crippen LogP contribution in [0.1, 0.15) is 52.1 Å². The molecule has 1 aromatic heterocycles. The van der Waals surface area contributed by atoms with Crippen LogP contribution in [0, 0.1) is 5.41 Å². The molecule has 0 atom stereocenters. The summed E-state index contributed by atoms with van der Waals surface area (Å²) in [5.41, 5.74) is 1.37. The minimum absolute atomic E-state index is 0.267. The van der Waals surface area contributed by atoms with Crippen LogP contribution in [0.25, 0.3) is 0 Å². The number of hydrogen-bond acceptors (Lipinski definition) is 4. The molecule has 1 N–H and O–H groups in total. The van der Waals surface area contributed by atoms with Crippen molar-refractivity contribution in [3.8, 4) is 6.08 Å². The lowest BCUT2D eigenvalue weighted by atomic mass is 9.76. The van der Waals surface area contributed by atoms with Gasteiger partial charge in [0, 0.05) is 6.54 Å². The van der Waals surface area contributed by atoms with E-state index in [1.54, 1.807) is 6.26 Å². The van der Waals surface area contributed by atoms with Crippen molar-refractivity contribution < 1.29 is 9.15 Å². The summed E-state index contributed by atoms with van der Waals surface area (Å²) in [5.74, 6) is 0. The van der Waals surface area contributed by atoms with Gasteiger partial charge in [-0.1, -0.05) is 20.8 Å². The van der Waals surface area contributed by atoms with Gasteiger partial charge in [-0.15, -0.1) is 0 Å². The molecule has 2 rings (SSSR count). The molecule has 0 unspecified atom stereocenters. The quantitative estimate of drug-likeness (QED) is 0.874. The highest BCUT2D eigenvalue weighted by molar-refractivity contribution is 5.00. The maximum absolute atomic E-state index is 5.80. The molecular formula is C14H24N2O2. The van der Waals surface area contributed by atoms with Gasteiger partial charge in [-0.05, 0) is 37.6 Å². The average Bonchev–Trinajstić information content (AvgIpc) is 2.77. The Kier molecular flexibility index (Phi) is 4.27. The first-order chi connectivity index (χ1) is 8.59. The summed E-state index contributed by atoms with van der Waals surface area (Å²) < 4.78 is 11.1. The second kappa shape index (κ2) is 5.74. The van der Waals surface area contributed by atoms with Gasteiger partial charge >= 0.3 is 6.08 Å². The molecule has 4 heteroatoms. The summed E-state index contributed by atoms with van der Waals surface area (Å²) in [7, 11) is 0. The number of rotatable bonds is 5. The van der Waals surface area contributed by atoms with Crippen LogP contribution in [0.2, 0.25) is 0 Å². The summed E-state index contributed by atoms with van der Waals surface area (Å²) in [6.07, 6.45) is 6.97. The van der Waals surface area contributed by atoms with Crippen LogP contribution in [0.3, 0.4) is 0 Å². The smallest absolute Gasteiger partial charge is 0.394 e. The Balaban J connectivity index is 1.81. The van der Waals surface area contributed by atoms with Gasteiger partial charge in [0.25, 0.3) is 0 Å². The van der Waals surface area contributed by atoms with E-state index < -0.39 is 0 Å². The largest absolute Gasteiger partial charge is 0.447 e. The molecule has 4 nitrogen and oxygen atoms in total. The Morgan fingerprint density at radius 3 is 2.83 bits per heavy atom. The SMILES string of the molecule is CCNCc1coc(OC2CCC(C)(C)CC2)n1. The molecule has 1 heterocycles. The summed E-state index contributed by atoms with van der Waals surface area (Å²) in [5, 5.41) is 3.21. The van der Waals surface area contributed by atoms with E-state index >= 15 is 0 Å². The lowest BCUT2D eigenvalue weighted by Crippen LogP contribution is -2.28. The third kappa shape index (κ3) is 3.73. The molecule has 1 fully saturated rings. The predicted molar refractivity (Wildman–Crippen MR) is 70.5 cm³/mol. The number of aromatic nitrogens is 1. The van der Waals surface area contributed by atoms with Gasteiger partial charge < -0.3 is 14.5 Å². The highest BCUT2D eigenvalue weighted by atomic mass is 16.6. The van der Waals surface area contributed by atoms with Crippen LogP contribution in [-0.4, -0.2) is 17.6 Å². The molecule has 0 bridgehead atoms. The average molecular weight is 252 g/mol. The normalized spacial score (nSPS) is 19.9. The number of hydrogen-bond donors (Lipinski definition) is 1. The summed E-state index contributed by atoms with van der Waals surface area (Å²) in [6, 6.07) is 0. The fourth-order valence-electron chi connectivity index (χ4n) is 2.31. The van der Waals surface area contributed by atoms with E-state index in [4.69, 9.17) is 9.15 Å². The van der Waals surface area contributed by atoms with Gasteiger partial charge in [0.2, 0.25) is 0 Å². The molecule has 0 aromatic carbocycles. The molecule has 0 saturated heterocycles. The minimum atomic E-state index is 0.267. The van der Waals surface area contributed by atoms with E-state index in [9.17, 15) is 0 Å². The van der Waals surface area contributed by atoms with Crippen LogP contribution >= 0.6 is 0 Å². The van der Waals surface area contributed by atoms with E-state index in [2.05, 4.69) is 31.1 Å². The molecule has 0 aliphatic heterocycles. The number of nitrogens with one attached hydrogen (secondary N) is 1. The standard InChI is InChI=1S/C14H24N2O2/c1-4-15-9-11-10-17-13(16-11)18-12-5-7-14(2,3)8-6-12/h10,12,15H,4-9H2,1-3H3. The Morgan fingerprint density at radius 2 is 2.17 bits per heavy atom. The Hall–Kier alpha value is -1.03. The van der Waals surface area contributed by atoms with Gasteiger partial charge in [-0.3, -0.25) is 0 Å². The maximum atomic E-state index is 5.80. The first-order valence-electron chi connectivity index (χ1n) is 6.91. The fourth-order valence-corrected chi connectivity index (χ4v) is 2.31. The zero-order valence-corrected chi connectivity index (χ0v) is 11.7. The molecule has 102 valence electrons. The number of nitrogens with zero attached hydrogens (tertiary/aromatic N) is 1. The van der Waals surface area contributed by atoms with Gasteiger partial charge in [-0.2, -0.15) is 4.98 Å². The van der Waals surface area contributed by atoms with Gasteiger partial charge in [0.1, 0.15) is 12.4 Å². The van der Waals surface area contributed by atoms with Crippen LogP contribution in [-0.2, 0) is 6.54 Å². The van der Waals surface area contributed by atoms with E-state index in [1.165, 1.54) is 12.8 Å². The van der Waals surface area contributed by atoms with Crippen molar-refractivity contribution in [1.82, 2.24) is 10.3 Å². The predicted octanol–water partition coefficient (Wildman–Crippen LogP) is 3.13. The van der Waals surface area contributed by atoms with Crippen molar-refractivity contribution in [2.24, 2.45) is 5.41 Å². The first kappa shape index (κ1) is 13.4. The molecular weight excluding hydrogens is 228 g/mol. The fraction of sp³-hybridized carbons (Fsp3) is 0.786. The Labute approximate surface area is 109 Å². The van der Waals surface area contributed by atoms with Crippen molar-refractivity contribution in [3.63, 3.8) is 0 Å². The van der Waals surface area contributed by atoms with Gasteiger partial charge in [0.05, 0.1) is 5.69 Å². The third-order valence-corrected chi connectivity index (χ3v) is 3.64. The van der Waals surface area contributed by atoms with Crippen molar-refractivity contribution in [2.75, 3.05) is 6.54 Å². The van der Waals surface area contributed by atoms with Crippen molar-refractivity contribution in [3.05, 3.63) is 12.0 Å². The summed E-state index contributed by atoms with van der Waals surface area (Å²) in [4.78, 5) is 4.33. The molecule has 1 aliphatic carbocycles. The van der Waals surface area contributed by atoms with Crippen molar-refractivity contribution in [2.45, 2.75) is 59.1 Å². The van der Waals surface area contributed by atoms with E-state index in [0.717, 1.165) is 31.6 Å². The summed E-state index contributed by atoms with van der Waals surface area (Å²) in [6.45, 7) is 8.38. The zero-order chi connectivity index (χ0) is 13.0. The monoisotopic (exact) mass is 252 g/mol. The second-order valence-electron chi connectivity index (χ2n) is 5.87. The number of ether oxygens (including phenoxy) is 1. The lowest BCUT2D eigenvalue weighted by Gasteiger charge is -2.33. The minimum Gasteiger partial charge on any atom is -0.447 e. The molecule has 0 radical (unpaired) electrons. The van der Waals surface area contributed by atoms with Gasteiger partial charge in [0.15, 0.2) is 0 Å². The highest BCUT2D eigenvalue weighted by Crippen LogP contribution is 2.36. The van der Waals surface area contributed by atoms with Crippen molar-refractivity contribution >= 4 is 0 Å². The molecule has 18 heavy (non-hydrogen) atoms. The second-order valence-corrected chi connectivity index (χ2v) is 5.87. The summed E-state index contributed by atoms with van der Waals surface area (Å²) >= 11 is 0. The van der Waals surface area contributed by atoms with E-state index in [-0.39, 0.29) is 6.10 Å². The van der Waals surface area contributed by atoms with E-state index in [0.29, 0.717) is 11.5 Å². The molecule has 1 aliphatic rings. The molecule has 0 spiro atoms. The molecule has 1 aromatic rings. The molecule has 0 amide bonds. The lowest BCUT2D eigenvalue weighted by molar-refractivity contribution is 0.0726. The van der Waals surface area contributed by atoms with Crippen LogP contribution in [0.4, 0.5) is 0 Å². The topological polar surface area (TPSA) is 47.3 Å². The van der Waals surface area contributed by atoms with Crippen LogP contribution < -0.4 is 10.1 Å². The maximum Gasteiger partial charge on any atom is 0.394 e. The van der Waals surface area contributed by atoms with Crippen LogP contribution in [0.5, 0.6) is 6.08 Å².